The van der Waals surface area contributed by atoms with E-state index in [1.54, 1.807) is 0 Å². The first-order valence-electron chi connectivity index (χ1n) is 4.97. The number of rotatable bonds is 5. The normalized spacial score (nSPS) is 11.1. The highest BCUT2D eigenvalue weighted by Crippen LogP contribution is 2.20. The molecule has 0 atom stereocenters. The molecule has 0 heterocycles. The summed E-state index contributed by atoms with van der Waals surface area (Å²) in [7, 11) is -3.56. The third-order valence-electron chi connectivity index (χ3n) is 1.90. The van der Waals surface area contributed by atoms with Crippen molar-refractivity contribution >= 4 is 38.9 Å². The minimum Gasteiger partial charge on any atom is -0.324 e. The van der Waals surface area contributed by atoms with Crippen LogP contribution in [0.25, 0.3) is 0 Å². The first-order chi connectivity index (χ1) is 8.34. The molecule has 0 aliphatic rings. The third kappa shape index (κ3) is 4.50. The fourth-order valence-electron chi connectivity index (χ4n) is 1.21. The zero-order chi connectivity index (χ0) is 13.8. The molecule has 2 N–H and O–H groups in total. The molecule has 1 aromatic rings. The lowest BCUT2D eigenvalue weighted by atomic mass is 10.2. The second kappa shape index (κ2) is 6.01. The number of alkyl halides is 1. The van der Waals surface area contributed by atoms with Gasteiger partial charge in [0.15, 0.2) is 0 Å². The van der Waals surface area contributed by atoms with Crippen LogP contribution in [-0.2, 0) is 14.8 Å². The SMILES string of the molecule is CC(=O)Nc1cc(NS(=O)(=O)CCCl)ccc1F. The van der Waals surface area contributed by atoms with Gasteiger partial charge in [0.2, 0.25) is 15.9 Å². The third-order valence-corrected chi connectivity index (χ3v) is 3.60. The molecule has 0 saturated heterocycles. The highest BCUT2D eigenvalue weighted by Gasteiger charge is 2.11. The topological polar surface area (TPSA) is 75.3 Å². The van der Waals surface area contributed by atoms with Crippen LogP contribution in [0.5, 0.6) is 0 Å². The van der Waals surface area contributed by atoms with E-state index in [9.17, 15) is 17.6 Å². The van der Waals surface area contributed by atoms with Crippen LogP contribution in [0.15, 0.2) is 18.2 Å². The summed E-state index contributed by atoms with van der Waals surface area (Å²) >= 11 is 5.34. The average molecular weight is 295 g/mol. The van der Waals surface area contributed by atoms with E-state index in [1.807, 2.05) is 0 Å². The standard InChI is InChI=1S/C10H12ClFN2O3S/c1-7(15)13-10-6-8(2-3-9(10)12)14-18(16,17)5-4-11/h2-3,6,14H,4-5H2,1H3,(H,13,15). The van der Waals surface area contributed by atoms with Crippen LogP contribution in [0.2, 0.25) is 0 Å². The fourth-order valence-corrected chi connectivity index (χ4v) is 2.61. The van der Waals surface area contributed by atoms with Crippen LogP contribution >= 0.6 is 11.6 Å². The molecule has 0 spiro atoms. The molecule has 8 heteroatoms. The van der Waals surface area contributed by atoms with Gasteiger partial charge in [0.25, 0.3) is 0 Å². The van der Waals surface area contributed by atoms with Gasteiger partial charge in [-0.15, -0.1) is 11.6 Å². The highest BCUT2D eigenvalue weighted by molar-refractivity contribution is 7.92. The van der Waals surface area contributed by atoms with Gasteiger partial charge in [0.05, 0.1) is 17.1 Å². The summed E-state index contributed by atoms with van der Waals surface area (Å²) in [6.45, 7) is 1.23. The molecule has 0 aliphatic carbocycles. The van der Waals surface area contributed by atoms with Gasteiger partial charge >= 0.3 is 0 Å². The molecule has 0 aliphatic heterocycles. The Labute approximate surface area is 109 Å². The van der Waals surface area contributed by atoms with E-state index in [-0.39, 0.29) is 23.0 Å². The monoisotopic (exact) mass is 294 g/mol. The van der Waals surface area contributed by atoms with Gasteiger partial charge in [0, 0.05) is 12.8 Å². The molecule has 1 rings (SSSR count). The molecule has 100 valence electrons. The number of benzene rings is 1. The molecule has 0 bridgehead atoms. The maximum Gasteiger partial charge on any atom is 0.233 e. The largest absolute Gasteiger partial charge is 0.324 e. The van der Waals surface area contributed by atoms with Crippen molar-refractivity contribution in [1.29, 1.82) is 0 Å². The summed E-state index contributed by atoms with van der Waals surface area (Å²) in [5, 5.41) is 2.26. The van der Waals surface area contributed by atoms with Crippen LogP contribution in [0.4, 0.5) is 15.8 Å². The van der Waals surface area contributed by atoms with Crippen LogP contribution < -0.4 is 10.0 Å². The van der Waals surface area contributed by atoms with E-state index >= 15 is 0 Å². The molecule has 0 fully saturated rings. The van der Waals surface area contributed by atoms with Crippen molar-refractivity contribution in [2.24, 2.45) is 0 Å². The highest BCUT2D eigenvalue weighted by atomic mass is 35.5. The molecular weight excluding hydrogens is 283 g/mol. The van der Waals surface area contributed by atoms with Crippen molar-refractivity contribution in [3.8, 4) is 0 Å². The smallest absolute Gasteiger partial charge is 0.233 e. The molecule has 0 radical (unpaired) electrons. The number of carbonyl (C=O) groups is 1. The number of carbonyl (C=O) groups excluding carboxylic acids is 1. The second-order valence-electron chi connectivity index (χ2n) is 3.49. The minimum atomic E-state index is -3.56. The Balaban J connectivity index is 2.95. The summed E-state index contributed by atoms with van der Waals surface area (Å²) in [4.78, 5) is 10.8. The second-order valence-corrected chi connectivity index (χ2v) is 5.71. The van der Waals surface area contributed by atoms with Gasteiger partial charge < -0.3 is 5.32 Å². The number of hydrogen-bond acceptors (Lipinski definition) is 3. The maximum absolute atomic E-state index is 13.3. The summed E-state index contributed by atoms with van der Waals surface area (Å²) in [5.74, 6) is -1.39. The van der Waals surface area contributed by atoms with Crippen molar-refractivity contribution in [2.75, 3.05) is 21.7 Å². The predicted molar refractivity (Wildman–Crippen MR) is 68.8 cm³/mol. The van der Waals surface area contributed by atoms with Gasteiger partial charge in [-0.2, -0.15) is 0 Å². The molecule has 0 saturated carbocycles. The van der Waals surface area contributed by atoms with Crippen molar-refractivity contribution in [2.45, 2.75) is 6.92 Å². The van der Waals surface area contributed by atoms with Crippen molar-refractivity contribution in [3.63, 3.8) is 0 Å². The number of nitrogens with one attached hydrogen (secondary N) is 2. The van der Waals surface area contributed by atoms with E-state index in [0.717, 1.165) is 6.07 Å². The van der Waals surface area contributed by atoms with E-state index in [4.69, 9.17) is 11.6 Å². The van der Waals surface area contributed by atoms with Gasteiger partial charge in [-0.3, -0.25) is 9.52 Å². The summed E-state index contributed by atoms with van der Waals surface area (Å²) in [5.41, 5.74) is 0.0684. The number of sulfonamides is 1. The summed E-state index contributed by atoms with van der Waals surface area (Å²) in [6.07, 6.45) is 0. The Morgan fingerprint density at radius 1 is 1.44 bits per heavy atom. The van der Waals surface area contributed by atoms with Gasteiger partial charge in [-0.1, -0.05) is 0 Å². The Morgan fingerprint density at radius 2 is 2.11 bits per heavy atom. The molecule has 18 heavy (non-hydrogen) atoms. The molecule has 1 amide bonds. The molecule has 1 aromatic carbocycles. The Bertz CT molecular complexity index is 548. The molecular formula is C10H12ClFN2O3S. The van der Waals surface area contributed by atoms with Crippen LogP contribution in [0, 0.1) is 5.82 Å². The minimum absolute atomic E-state index is 0.0465. The number of halogens is 2. The zero-order valence-electron chi connectivity index (χ0n) is 9.54. The van der Waals surface area contributed by atoms with E-state index < -0.39 is 21.7 Å². The molecule has 0 unspecified atom stereocenters. The first-order valence-corrected chi connectivity index (χ1v) is 7.16. The quantitative estimate of drug-likeness (QED) is 0.813. The lowest BCUT2D eigenvalue weighted by Crippen LogP contribution is -2.18. The lowest BCUT2D eigenvalue weighted by Gasteiger charge is -2.09. The Kier molecular flexibility index (Phi) is 4.92. The average Bonchev–Trinajstić information content (AvgIpc) is 2.21. The van der Waals surface area contributed by atoms with Crippen molar-refractivity contribution < 1.29 is 17.6 Å². The summed E-state index contributed by atoms with van der Waals surface area (Å²) in [6, 6.07) is 3.51. The van der Waals surface area contributed by atoms with Gasteiger partial charge in [-0.25, -0.2) is 12.8 Å². The van der Waals surface area contributed by atoms with Crippen LogP contribution in [0.3, 0.4) is 0 Å². The predicted octanol–water partition coefficient (Wildman–Crippen LogP) is 1.76. The van der Waals surface area contributed by atoms with Gasteiger partial charge in [-0.05, 0) is 18.2 Å². The number of hydrogen-bond donors (Lipinski definition) is 2. The number of anilines is 2. The van der Waals surface area contributed by atoms with Crippen LogP contribution in [-0.4, -0.2) is 26.0 Å². The number of amides is 1. The van der Waals surface area contributed by atoms with E-state index in [2.05, 4.69) is 10.0 Å². The summed E-state index contributed by atoms with van der Waals surface area (Å²) < 4.78 is 38.4. The van der Waals surface area contributed by atoms with E-state index in [0.29, 0.717) is 0 Å². The Hall–Kier alpha value is -1.34. The van der Waals surface area contributed by atoms with Crippen molar-refractivity contribution in [3.05, 3.63) is 24.0 Å². The van der Waals surface area contributed by atoms with Crippen LogP contribution in [0.1, 0.15) is 6.92 Å². The fraction of sp³-hybridized carbons (Fsp3) is 0.300. The van der Waals surface area contributed by atoms with Gasteiger partial charge in [0.1, 0.15) is 5.82 Å². The van der Waals surface area contributed by atoms with E-state index in [1.165, 1.54) is 19.1 Å². The first kappa shape index (κ1) is 14.7. The molecule has 5 nitrogen and oxygen atoms in total. The lowest BCUT2D eigenvalue weighted by molar-refractivity contribution is -0.114. The zero-order valence-corrected chi connectivity index (χ0v) is 11.1. The Morgan fingerprint density at radius 3 is 2.67 bits per heavy atom. The van der Waals surface area contributed by atoms with Crippen molar-refractivity contribution in [1.82, 2.24) is 0 Å². The molecule has 0 aromatic heterocycles. The maximum atomic E-state index is 13.3.